The van der Waals surface area contributed by atoms with Crippen molar-refractivity contribution in [1.82, 2.24) is 0 Å². The Hall–Kier alpha value is -1.40. The van der Waals surface area contributed by atoms with Gasteiger partial charge in [0.2, 0.25) is 0 Å². The molecule has 1 aromatic rings. The van der Waals surface area contributed by atoms with Crippen LogP contribution in [0.4, 0.5) is 11.4 Å². The molecule has 0 bridgehead atoms. The van der Waals surface area contributed by atoms with Crippen LogP contribution in [0.3, 0.4) is 0 Å². The van der Waals surface area contributed by atoms with Crippen LogP contribution >= 0.6 is 11.6 Å². The number of nitriles is 1. The second-order valence-electron chi connectivity index (χ2n) is 4.04. The summed E-state index contributed by atoms with van der Waals surface area (Å²) in [5.74, 6) is 0. The van der Waals surface area contributed by atoms with Crippen LogP contribution in [0.1, 0.15) is 19.3 Å². The minimum absolute atomic E-state index is 0.516. The fourth-order valence-corrected chi connectivity index (χ4v) is 1.99. The van der Waals surface area contributed by atoms with Crippen LogP contribution in [0.2, 0.25) is 5.02 Å². The zero-order valence-corrected chi connectivity index (χ0v) is 9.74. The van der Waals surface area contributed by atoms with Crippen molar-refractivity contribution < 1.29 is 0 Å². The molecule has 0 unspecified atom stereocenters. The number of hydrogen-bond donors (Lipinski definition) is 1. The summed E-state index contributed by atoms with van der Waals surface area (Å²) in [7, 11) is 0. The van der Waals surface area contributed by atoms with Gasteiger partial charge in [0.25, 0.3) is 0 Å². The van der Waals surface area contributed by atoms with E-state index in [4.69, 9.17) is 22.6 Å². The summed E-state index contributed by atoms with van der Waals surface area (Å²) in [5, 5.41) is 9.34. The smallest absolute Gasteiger partial charge is 0.0640 e. The number of nitrogens with zero attached hydrogens (tertiary/aromatic N) is 2. The number of nitrogens with two attached hydrogens (primary N) is 1. The first-order chi connectivity index (χ1) is 7.72. The lowest BCUT2D eigenvalue weighted by molar-refractivity contribution is 0.794. The first-order valence-corrected chi connectivity index (χ1v) is 5.79. The molecule has 16 heavy (non-hydrogen) atoms. The van der Waals surface area contributed by atoms with Gasteiger partial charge in [0, 0.05) is 17.6 Å². The molecule has 3 nitrogen and oxygen atoms in total. The summed E-state index contributed by atoms with van der Waals surface area (Å²) in [6.07, 6.45) is 2.87. The Morgan fingerprint density at radius 1 is 1.50 bits per heavy atom. The normalized spacial score (nSPS) is 14.5. The maximum Gasteiger partial charge on any atom is 0.0640 e. The SMILES string of the molecule is N#CCCN(c1cc(Cl)ccc1N)C1CC1. The molecule has 2 rings (SSSR count). The van der Waals surface area contributed by atoms with E-state index in [1.165, 1.54) is 12.8 Å². The predicted octanol–water partition coefficient (Wildman–Crippen LogP) is 2.80. The van der Waals surface area contributed by atoms with E-state index >= 15 is 0 Å². The molecular weight excluding hydrogens is 222 g/mol. The monoisotopic (exact) mass is 235 g/mol. The van der Waals surface area contributed by atoms with Gasteiger partial charge in [-0.3, -0.25) is 0 Å². The number of rotatable bonds is 4. The van der Waals surface area contributed by atoms with Crippen LogP contribution in [0.15, 0.2) is 18.2 Å². The van der Waals surface area contributed by atoms with Gasteiger partial charge in [-0.15, -0.1) is 0 Å². The molecule has 0 aliphatic heterocycles. The lowest BCUT2D eigenvalue weighted by Gasteiger charge is -2.25. The number of hydrogen-bond acceptors (Lipinski definition) is 3. The third kappa shape index (κ3) is 2.40. The van der Waals surface area contributed by atoms with E-state index in [2.05, 4.69) is 11.0 Å². The molecule has 0 aromatic heterocycles. The van der Waals surface area contributed by atoms with Gasteiger partial charge >= 0.3 is 0 Å². The van der Waals surface area contributed by atoms with Gasteiger partial charge in [-0.25, -0.2) is 0 Å². The van der Waals surface area contributed by atoms with E-state index in [1.807, 2.05) is 12.1 Å². The summed E-state index contributed by atoms with van der Waals surface area (Å²) >= 11 is 5.97. The summed E-state index contributed by atoms with van der Waals surface area (Å²) < 4.78 is 0. The van der Waals surface area contributed by atoms with Gasteiger partial charge in [-0.1, -0.05) is 11.6 Å². The summed E-state index contributed by atoms with van der Waals surface area (Å²) in [6, 6.07) is 8.19. The van der Waals surface area contributed by atoms with Crippen molar-refractivity contribution in [3.63, 3.8) is 0 Å². The highest BCUT2D eigenvalue weighted by atomic mass is 35.5. The lowest BCUT2D eigenvalue weighted by atomic mass is 10.2. The molecule has 1 aliphatic carbocycles. The molecule has 0 amide bonds. The molecule has 0 spiro atoms. The highest BCUT2D eigenvalue weighted by Crippen LogP contribution is 2.36. The summed E-state index contributed by atoms with van der Waals surface area (Å²) in [4.78, 5) is 2.20. The molecule has 0 heterocycles. The average Bonchev–Trinajstić information content (AvgIpc) is 3.08. The molecule has 1 saturated carbocycles. The fourth-order valence-electron chi connectivity index (χ4n) is 1.82. The molecule has 1 aromatic carbocycles. The second-order valence-corrected chi connectivity index (χ2v) is 4.47. The Bertz CT molecular complexity index is 421. The standard InChI is InChI=1S/C12H14ClN3/c13-9-2-5-11(15)12(8-9)16(7-1-6-14)10-3-4-10/h2,5,8,10H,1,3-4,7,15H2. The van der Waals surface area contributed by atoms with Crippen molar-refractivity contribution in [2.45, 2.75) is 25.3 Å². The highest BCUT2D eigenvalue weighted by molar-refractivity contribution is 6.31. The number of benzene rings is 1. The van der Waals surface area contributed by atoms with Crippen molar-refractivity contribution >= 4 is 23.0 Å². The van der Waals surface area contributed by atoms with E-state index in [1.54, 1.807) is 6.07 Å². The molecular formula is C12H14ClN3. The molecule has 2 N–H and O–H groups in total. The van der Waals surface area contributed by atoms with Crippen molar-refractivity contribution in [1.29, 1.82) is 5.26 Å². The maximum atomic E-state index is 8.65. The fraction of sp³-hybridized carbons (Fsp3) is 0.417. The van der Waals surface area contributed by atoms with Crippen LogP contribution in [-0.4, -0.2) is 12.6 Å². The van der Waals surface area contributed by atoms with Crippen LogP contribution < -0.4 is 10.6 Å². The Balaban J connectivity index is 2.23. The largest absolute Gasteiger partial charge is 0.397 e. The van der Waals surface area contributed by atoms with Crippen LogP contribution in [0, 0.1) is 11.3 Å². The third-order valence-corrected chi connectivity index (χ3v) is 2.99. The second kappa shape index (κ2) is 4.63. The Kier molecular flexibility index (Phi) is 3.21. The first kappa shape index (κ1) is 11.1. The van der Waals surface area contributed by atoms with E-state index in [0.29, 0.717) is 17.5 Å². The van der Waals surface area contributed by atoms with E-state index in [9.17, 15) is 0 Å². The average molecular weight is 236 g/mol. The van der Waals surface area contributed by atoms with E-state index in [-0.39, 0.29) is 0 Å². The van der Waals surface area contributed by atoms with Crippen molar-refractivity contribution in [3.8, 4) is 6.07 Å². The van der Waals surface area contributed by atoms with Crippen molar-refractivity contribution in [3.05, 3.63) is 23.2 Å². The molecule has 0 saturated heterocycles. The number of nitrogen functional groups attached to an aromatic ring is 1. The highest BCUT2D eigenvalue weighted by Gasteiger charge is 2.29. The van der Waals surface area contributed by atoms with Crippen molar-refractivity contribution in [2.75, 3.05) is 17.2 Å². The van der Waals surface area contributed by atoms with Gasteiger partial charge in [0.05, 0.1) is 23.9 Å². The maximum absolute atomic E-state index is 8.65. The summed E-state index contributed by atoms with van der Waals surface area (Å²) in [5.41, 5.74) is 7.64. The van der Waals surface area contributed by atoms with E-state index in [0.717, 1.165) is 17.9 Å². The van der Waals surface area contributed by atoms with Gasteiger partial charge < -0.3 is 10.6 Å². The predicted molar refractivity (Wildman–Crippen MR) is 66.5 cm³/mol. The first-order valence-electron chi connectivity index (χ1n) is 5.41. The lowest BCUT2D eigenvalue weighted by Crippen LogP contribution is -2.27. The van der Waals surface area contributed by atoms with Crippen LogP contribution in [0.5, 0.6) is 0 Å². The quantitative estimate of drug-likeness (QED) is 0.817. The topological polar surface area (TPSA) is 53.0 Å². The Morgan fingerprint density at radius 3 is 2.88 bits per heavy atom. The Morgan fingerprint density at radius 2 is 2.25 bits per heavy atom. The molecule has 1 fully saturated rings. The Labute approximate surface area is 100 Å². The molecule has 84 valence electrons. The van der Waals surface area contributed by atoms with Gasteiger partial charge in [0.1, 0.15) is 0 Å². The molecule has 1 aliphatic rings. The summed E-state index contributed by atoms with van der Waals surface area (Å²) in [6.45, 7) is 0.728. The van der Waals surface area contributed by atoms with Gasteiger partial charge in [0.15, 0.2) is 0 Å². The zero-order chi connectivity index (χ0) is 11.5. The minimum atomic E-state index is 0.516. The van der Waals surface area contributed by atoms with E-state index < -0.39 is 0 Å². The third-order valence-electron chi connectivity index (χ3n) is 2.75. The van der Waals surface area contributed by atoms with Crippen molar-refractivity contribution in [2.24, 2.45) is 0 Å². The van der Waals surface area contributed by atoms with Gasteiger partial charge in [-0.05, 0) is 31.0 Å². The zero-order valence-electron chi connectivity index (χ0n) is 8.99. The molecule has 0 atom stereocenters. The molecule has 0 radical (unpaired) electrons. The van der Waals surface area contributed by atoms with Crippen LogP contribution in [0.25, 0.3) is 0 Å². The number of anilines is 2. The van der Waals surface area contributed by atoms with Crippen LogP contribution in [-0.2, 0) is 0 Å². The molecule has 4 heteroatoms. The minimum Gasteiger partial charge on any atom is -0.397 e. The number of halogens is 1. The van der Waals surface area contributed by atoms with Gasteiger partial charge in [-0.2, -0.15) is 5.26 Å².